The van der Waals surface area contributed by atoms with Crippen molar-refractivity contribution in [3.63, 3.8) is 0 Å². The van der Waals surface area contributed by atoms with Crippen molar-refractivity contribution in [1.82, 2.24) is 0 Å². The van der Waals surface area contributed by atoms with Crippen LogP contribution in [0.5, 0.6) is 0 Å². The second kappa shape index (κ2) is 5.96. The zero-order valence-electron chi connectivity index (χ0n) is 10.9. The lowest BCUT2D eigenvalue weighted by molar-refractivity contribution is -0.138. The number of aliphatic carboxylic acids is 1. The molecule has 0 aliphatic rings. The van der Waals surface area contributed by atoms with Gasteiger partial charge in [0.25, 0.3) is 0 Å². The first-order valence-electron chi connectivity index (χ1n) is 6.06. The average Bonchev–Trinajstić information content (AvgIpc) is 2.40. The summed E-state index contributed by atoms with van der Waals surface area (Å²) in [5.74, 6) is -1.92. The monoisotopic (exact) mass is 332 g/mol. The fourth-order valence-electron chi connectivity index (χ4n) is 1.94. The van der Waals surface area contributed by atoms with Crippen LogP contribution in [-0.4, -0.2) is 11.1 Å². The van der Waals surface area contributed by atoms with Gasteiger partial charge < -0.3 is 5.11 Å². The number of halogens is 5. The van der Waals surface area contributed by atoms with Crippen molar-refractivity contribution in [3.05, 3.63) is 58.4 Å². The summed E-state index contributed by atoms with van der Waals surface area (Å²) in [5.41, 5.74) is -0.790. The van der Waals surface area contributed by atoms with Crippen molar-refractivity contribution >= 4 is 17.6 Å². The molecule has 2 nitrogen and oxygen atoms in total. The van der Waals surface area contributed by atoms with Crippen LogP contribution in [-0.2, 0) is 17.4 Å². The quantitative estimate of drug-likeness (QED) is 0.820. The van der Waals surface area contributed by atoms with Crippen LogP contribution < -0.4 is 0 Å². The van der Waals surface area contributed by atoms with Gasteiger partial charge in [0.2, 0.25) is 0 Å². The molecule has 0 aliphatic carbocycles. The molecule has 7 heteroatoms. The Morgan fingerprint density at radius 2 is 1.82 bits per heavy atom. The van der Waals surface area contributed by atoms with Crippen molar-refractivity contribution < 1.29 is 27.5 Å². The molecule has 0 saturated heterocycles. The predicted octanol–water partition coefficient (Wildman–Crippen LogP) is 4.79. The number of benzene rings is 2. The fraction of sp³-hybridized carbons (Fsp3) is 0.133. The van der Waals surface area contributed by atoms with Crippen molar-refractivity contribution in [2.24, 2.45) is 0 Å². The molecule has 0 amide bonds. The zero-order valence-corrected chi connectivity index (χ0v) is 11.7. The third-order valence-corrected chi connectivity index (χ3v) is 3.35. The Labute approximate surface area is 128 Å². The molecule has 116 valence electrons. The van der Waals surface area contributed by atoms with Gasteiger partial charge in [0.15, 0.2) is 0 Å². The SMILES string of the molecule is O=C(O)Cc1ccc(-c2cc(C(F)(F)F)ccc2F)cc1Cl. The number of carboxylic acids is 1. The topological polar surface area (TPSA) is 37.3 Å². The first-order chi connectivity index (χ1) is 10.2. The van der Waals surface area contributed by atoms with Crippen LogP contribution in [0.1, 0.15) is 11.1 Å². The molecule has 22 heavy (non-hydrogen) atoms. The average molecular weight is 333 g/mol. The highest BCUT2D eigenvalue weighted by Crippen LogP contribution is 2.34. The Morgan fingerprint density at radius 3 is 2.36 bits per heavy atom. The summed E-state index contributed by atoms with van der Waals surface area (Å²) in [6.45, 7) is 0. The molecule has 2 aromatic carbocycles. The normalized spacial score (nSPS) is 11.5. The maximum absolute atomic E-state index is 13.8. The van der Waals surface area contributed by atoms with Gasteiger partial charge in [0, 0.05) is 10.6 Å². The van der Waals surface area contributed by atoms with Gasteiger partial charge in [-0.25, -0.2) is 4.39 Å². The Bertz CT molecular complexity index is 726. The molecular formula is C15H9ClF4O2. The molecule has 0 saturated carbocycles. The van der Waals surface area contributed by atoms with E-state index in [0.717, 1.165) is 6.07 Å². The largest absolute Gasteiger partial charge is 0.481 e. The van der Waals surface area contributed by atoms with Crippen molar-refractivity contribution in [1.29, 1.82) is 0 Å². The summed E-state index contributed by atoms with van der Waals surface area (Å²) in [7, 11) is 0. The second-order valence-corrected chi connectivity index (χ2v) is 4.98. The third-order valence-electron chi connectivity index (χ3n) is 3.00. The number of carboxylic acid groups (broad SMARTS) is 1. The van der Waals surface area contributed by atoms with E-state index in [4.69, 9.17) is 16.7 Å². The van der Waals surface area contributed by atoms with Gasteiger partial charge in [0.1, 0.15) is 5.82 Å². The molecule has 1 N–H and O–H groups in total. The number of alkyl halides is 3. The summed E-state index contributed by atoms with van der Waals surface area (Å²) in [6, 6.07) is 6.01. The summed E-state index contributed by atoms with van der Waals surface area (Å²) in [4.78, 5) is 10.6. The molecule has 0 bridgehead atoms. The van der Waals surface area contributed by atoms with E-state index in [1.54, 1.807) is 0 Å². The lowest BCUT2D eigenvalue weighted by atomic mass is 10.00. The molecule has 0 fully saturated rings. The van der Waals surface area contributed by atoms with Crippen LogP contribution in [0, 0.1) is 5.82 Å². The minimum Gasteiger partial charge on any atom is -0.481 e. The maximum Gasteiger partial charge on any atom is 0.416 e. The molecule has 0 heterocycles. The van der Waals surface area contributed by atoms with Gasteiger partial charge in [0.05, 0.1) is 12.0 Å². The van der Waals surface area contributed by atoms with Crippen molar-refractivity contribution in [2.45, 2.75) is 12.6 Å². The minimum atomic E-state index is -4.59. The van der Waals surface area contributed by atoms with Gasteiger partial charge in [-0.05, 0) is 35.4 Å². The van der Waals surface area contributed by atoms with Crippen LogP contribution in [0.25, 0.3) is 11.1 Å². The van der Waals surface area contributed by atoms with Gasteiger partial charge in [-0.3, -0.25) is 4.79 Å². The van der Waals surface area contributed by atoms with Crippen LogP contribution >= 0.6 is 11.6 Å². The highest BCUT2D eigenvalue weighted by Gasteiger charge is 2.31. The molecule has 0 aliphatic heterocycles. The van der Waals surface area contributed by atoms with E-state index in [2.05, 4.69) is 0 Å². The van der Waals surface area contributed by atoms with Crippen LogP contribution in [0.3, 0.4) is 0 Å². The summed E-state index contributed by atoms with van der Waals surface area (Å²) < 4.78 is 51.8. The third kappa shape index (κ3) is 3.57. The maximum atomic E-state index is 13.8. The molecule has 0 unspecified atom stereocenters. The highest BCUT2D eigenvalue weighted by atomic mass is 35.5. The van der Waals surface area contributed by atoms with E-state index >= 15 is 0 Å². The summed E-state index contributed by atoms with van der Waals surface area (Å²) in [5, 5.41) is 8.76. The van der Waals surface area contributed by atoms with E-state index in [9.17, 15) is 22.4 Å². The smallest absolute Gasteiger partial charge is 0.416 e. The standard InChI is InChI=1S/C15H9ClF4O2/c16-12-5-8(1-2-9(12)6-14(21)22)11-7-10(15(18,19)20)3-4-13(11)17/h1-5,7H,6H2,(H,21,22). The molecule has 2 aromatic rings. The number of hydrogen-bond donors (Lipinski definition) is 1. The molecule has 0 atom stereocenters. The number of carbonyl (C=O) groups is 1. The van der Waals surface area contributed by atoms with Gasteiger partial charge in [-0.2, -0.15) is 13.2 Å². The number of rotatable bonds is 3. The molecule has 0 spiro atoms. The van der Waals surface area contributed by atoms with E-state index in [0.29, 0.717) is 17.7 Å². The number of hydrogen-bond acceptors (Lipinski definition) is 1. The summed E-state index contributed by atoms with van der Waals surface area (Å²) >= 11 is 5.90. The Kier molecular flexibility index (Phi) is 4.42. The van der Waals surface area contributed by atoms with Crippen molar-refractivity contribution in [2.75, 3.05) is 0 Å². The van der Waals surface area contributed by atoms with Gasteiger partial charge >= 0.3 is 12.1 Å². The van der Waals surface area contributed by atoms with E-state index < -0.39 is 23.5 Å². The van der Waals surface area contributed by atoms with Crippen LogP contribution in [0.15, 0.2) is 36.4 Å². The second-order valence-electron chi connectivity index (χ2n) is 4.57. The molecular weight excluding hydrogens is 324 g/mol. The minimum absolute atomic E-state index is 0.0525. The summed E-state index contributed by atoms with van der Waals surface area (Å²) in [6.07, 6.45) is -4.92. The predicted molar refractivity (Wildman–Crippen MR) is 73.2 cm³/mol. The Hall–Kier alpha value is -2.08. The molecule has 0 aromatic heterocycles. The van der Waals surface area contributed by atoms with Crippen molar-refractivity contribution in [3.8, 4) is 11.1 Å². The first kappa shape index (κ1) is 16.3. The fourth-order valence-corrected chi connectivity index (χ4v) is 2.19. The lowest BCUT2D eigenvalue weighted by Gasteiger charge is -2.11. The van der Waals surface area contributed by atoms with E-state index in [-0.39, 0.29) is 22.6 Å². The van der Waals surface area contributed by atoms with Gasteiger partial charge in [-0.15, -0.1) is 0 Å². The van der Waals surface area contributed by atoms with Crippen LogP contribution in [0.4, 0.5) is 17.6 Å². The Morgan fingerprint density at radius 1 is 1.14 bits per heavy atom. The lowest BCUT2D eigenvalue weighted by Crippen LogP contribution is -2.05. The zero-order chi connectivity index (χ0) is 16.5. The molecule has 0 radical (unpaired) electrons. The highest BCUT2D eigenvalue weighted by molar-refractivity contribution is 6.31. The Balaban J connectivity index is 2.48. The first-order valence-corrected chi connectivity index (χ1v) is 6.43. The van der Waals surface area contributed by atoms with Crippen LogP contribution in [0.2, 0.25) is 5.02 Å². The van der Waals surface area contributed by atoms with E-state index in [1.165, 1.54) is 18.2 Å². The molecule has 2 rings (SSSR count). The van der Waals surface area contributed by atoms with E-state index in [1.807, 2.05) is 0 Å². The van der Waals surface area contributed by atoms with Gasteiger partial charge in [-0.1, -0.05) is 23.7 Å².